The molecule has 4 nitrogen and oxygen atoms in total. The van der Waals surface area contributed by atoms with Crippen LogP contribution in [-0.2, 0) is 11.4 Å². The number of nitrogens with one attached hydrogen (secondary N) is 1. The summed E-state index contributed by atoms with van der Waals surface area (Å²) in [5.74, 6) is 0.989. The Morgan fingerprint density at radius 3 is 2.30 bits per heavy atom. The van der Waals surface area contributed by atoms with E-state index in [4.69, 9.17) is 0 Å². The van der Waals surface area contributed by atoms with Crippen molar-refractivity contribution >= 4 is 17.2 Å². The molecule has 1 heterocycles. The molecule has 0 aromatic carbocycles. The largest absolute Gasteiger partial charge is 0.598 e. The lowest BCUT2D eigenvalue weighted by Crippen LogP contribution is -2.40. The van der Waals surface area contributed by atoms with Crippen molar-refractivity contribution in [1.29, 1.82) is 0 Å². The number of hydrogen-bond acceptors (Lipinski definition) is 4. The third-order valence-electron chi connectivity index (χ3n) is 3.20. The zero-order valence-corrected chi connectivity index (χ0v) is 14.3. The van der Waals surface area contributed by atoms with Crippen molar-refractivity contribution in [3.63, 3.8) is 0 Å². The highest BCUT2D eigenvalue weighted by Gasteiger charge is 2.28. The average molecular weight is 297 g/mol. The van der Waals surface area contributed by atoms with Gasteiger partial charge in [0, 0.05) is 30.6 Å². The summed E-state index contributed by atoms with van der Waals surface area (Å²) in [5, 5.41) is 0. The predicted molar refractivity (Wildman–Crippen MR) is 87.2 cm³/mol. The lowest BCUT2D eigenvalue weighted by molar-refractivity contribution is 0.531. The van der Waals surface area contributed by atoms with Crippen molar-refractivity contribution < 1.29 is 4.55 Å². The molecule has 0 fully saturated rings. The van der Waals surface area contributed by atoms with Gasteiger partial charge in [0.2, 0.25) is 0 Å². The molecule has 114 valence electrons. The highest BCUT2D eigenvalue weighted by Crippen LogP contribution is 2.20. The van der Waals surface area contributed by atoms with Crippen LogP contribution in [0.4, 0.5) is 5.82 Å². The third kappa shape index (κ3) is 4.65. The number of aromatic nitrogens is 1. The summed E-state index contributed by atoms with van der Waals surface area (Å²) in [5.41, 5.74) is 1.05. The van der Waals surface area contributed by atoms with Crippen LogP contribution < -0.4 is 9.62 Å². The molecular formula is C15H27N3OS. The van der Waals surface area contributed by atoms with Crippen molar-refractivity contribution in [3.05, 3.63) is 23.9 Å². The Balaban J connectivity index is 2.73. The minimum atomic E-state index is -1.07. The van der Waals surface area contributed by atoms with Crippen LogP contribution in [0.2, 0.25) is 0 Å². The quantitative estimate of drug-likeness (QED) is 0.820. The second-order valence-corrected chi connectivity index (χ2v) is 7.84. The Labute approximate surface area is 126 Å². The Morgan fingerprint density at radius 2 is 1.90 bits per heavy atom. The van der Waals surface area contributed by atoms with Gasteiger partial charge in [-0.25, -0.2) is 4.98 Å². The SMILES string of the molecule is CCN(CC)c1ccc(C(C)N[S+]([O-])C(C)(C)C)cn1. The van der Waals surface area contributed by atoms with Gasteiger partial charge in [-0.2, -0.15) is 0 Å². The maximum Gasteiger partial charge on any atom is 0.136 e. The molecule has 1 rings (SSSR count). The molecule has 0 radical (unpaired) electrons. The van der Waals surface area contributed by atoms with Crippen molar-refractivity contribution in [3.8, 4) is 0 Å². The molecule has 1 aromatic heterocycles. The van der Waals surface area contributed by atoms with Gasteiger partial charge in [-0.3, -0.25) is 0 Å². The Morgan fingerprint density at radius 1 is 1.30 bits per heavy atom. The minimum Gasteiger partial charge on any atom is -0.598 e. The molecule has 0 bridgehead atoms. The monoisotopic (exact) mass is 297 g/mol. The summed E-state index contributed by atoms with van der Waals surface area (Å²) in [6.45, 7) is 14.0. The zero-order valence-electron chi connectivity index (χ0n) is 13.4. The van der Waals surface area contributed by atoms with E-state index < -0.39 is 11.4 Å². The summed E-state index contributed by atoms with van der Waals surface area (Å²) in [6, 6.07) is 4.10. The van der Waals surface area contributed by atoms with Gasteiger partial charge < -0.3 is 9.45 Å². The van der Waals surface area contributed by atoms with E-state index >= 15 is 0 Å². The van der Waals surface area contributed by atoms with Crippen LogP contribution in [0, 0.1) is 0 Å². The van der Waals surface area contributed by atoms with Crippen LogP contribution in [-0.4, -0.2) is 27.4 Å². The first-order chi connectivity index (χ1) is 9.29. The predicted octanol–water partition coefficient (Wildman–Crippen LogP) is 3.04. The number of pyridine rings is 1. The Kier molecular flexibility index (Phi) is 6.30. The van der Waals surface area contributed by atoms with E-state index in [1.54, 1.807) is 0 Å². The van der Waals surface area contributed by atoms with Gasteiger partial charge in [0.25, 0.3) is 0 Å². The third-order valence-corrected chi connectivity index (χ3v) is 4.88. The highest BCUT2D eigenvalue weighted by atomic mass is 32.2. The molecular weight excluding hydrogens is 270 g/mol. The molecule has 20 heavy (non-hydrogen) atoms. The second kappa shape index (κ2) is 7.29. The fourth-order valence-corrected chi connectivity index (χ4v) is 2.60. The van der Waals surface area contributed by atoms with Gasteiger partial charge in [0.05, 0.1) is 6.04 Å². The molecule has 1 N–H and O–H groups in total. The van der Waals surface area contributed by atoms with Gasteiger partial charge in [-0.15, -0.1) is 4.72 Å². The van der Waals surface area contributed by atoms with Crippen LogP contribution in [0.1, 0.15) is 53.1 Å². The molecule has 0 aliphatic heterocycles. The summed E-state index contributed by atoms with van der Waals surface area (Å²) in [6.07, 6.45) is 1.87. The van der Waals surface area contributed by atoms with E-state index in [0.717, 1.165) is 24.5 Å². The van der Waals surface area contributed by atoms with E-state index in [1.807, 2.05) is 40.0 Å². The molecule has 0 saturated carbocycles. The summed E-state index contributed by atoms with van der Waals surface area (Å²) >= 11 is -1.07. The van der Waals surface area contributed by atoms with Crippen LogP contribution in [0.25, 0.3) is 0 Å². The summed E-state index contributed by atoms with van der Waals surface area (Å²) in [4.78, 5) is 6.70. The summed E-state index contributed by atoms with van der Waals surface area (Å²) in [7, 11) is 0. The van der Waals surface area contributed by atoms with Gasteiger partial charge in [-0.1, -0.05) is 6.07 Å². The van der Waals surface area contributed by atoms with Gasteiger partial charge in [-0.05, 0) is 53.2 Å². The van der Waals surface area contributed by atoms with Crippen LogP contribution >= 0.6 is 0 Å². The number of nitrogens with zero attached hydrogens (tertiary/aromatic N) is 2. The minimum absolute atomic E-state index is 0.0216. The van der Waals surface area contributed by atoms with Crippen molar-refractivity contribution in [1.82, 2.24) is 9.71 Å². The molecule has 0 spiro atoms. The fourth-order valence-electron chi connectivity index (χ4n) is 1.79. The van der Waals surface area contributed by atoms with E-state index in [0.29, 0.717) is 0 Å². The van der Waals surface area contributed by atoms with Crippen LogP contribution in [0.3, 0.4) is 0 Å². The van der Waals surface area contributed by atoms with Crippen LogP contribution in [0.15, 0.2) is 18.3 Å². The molecule has 2 atom stereocenters. The Hall–Kier alpha value is -0.780. The van der Waals surface area contributed by atoms with E-state index in [2.05, 4.69) is 34.5 Å². The zero-order chi connectivity index (χ0) is 15.3. The van der Waals surface area contributed by atoms with E-state index in [-0.39, 0.29) is 10.8 Å². The molecule has 0 saturated heterocycles. The maximum absolute atomic E-state index is 12.1. The average Bonchev–Trinajstić information content (AvgIpc) is 2.39. The molecule has 2 unspecified atom stereocenters. The first-order valence-corrected chi connectivity index (χ1v) is 8.33. The molecule has 1 aromatic rings. The smallest absolute Gasteiger partial charge is 0.136 e. The lowest BCUT2D eigenvalue weighted by atomic mass is 10.1. The maximum atomic E-state index is 12.1. The number of hydrogen-bond donors (Lipinski definition) is 1. The van der Waals surface area contributed by atoms with E-state index in [1.165, 1.54) is 0 Å². The Bertz CT molecular complexity index is 399. The fraction of sp³-hybridized carbons (Fsp3) is 0.667. The first kappa shape index (κ1) is 17.3. The van der Waals surface area contributed by atoms with E-state index in [9.17, 15) is 4.55 Å². The summed E-state index contributed by atoms with van der Waals surface area (Å²) < 4.78 is 15.0. The highest BCUT2D eigenvalue weighted by molar-refractivity contribution is 7.90. The molecule has 0 amide bonds. The van der Waals surface area contributed by atoms with Gasteiger partial charge in [0.1, 0.15) is 10.6 Å². The van der Waals surface area contributed by atoms with Crippen molar-refractivity contribution in [2.75, 3.05) is 18.0 Å². The molecule has 0 aliphatic carbocycles. The standard InChI is InChI=1S/C15H27N3OS/c1-7-18(8-2)14-10-9-13(11-16-14)12(3)17-20(19)15(4,5)6/h9-12,17H,7-8H2,1-6H3. The second-order valence-electron chi connectivity index (χ2n) is 5.84. The number of anilines is 1. The normalized spacial score (nSPS) is 14.9. The first-order valence-electron chi connectivity index (χ1n) is 7.18. The van der Waals surface area contributed by atoms with Gasteiger partial charge in [0.15, 0.2) is 0 Å². The lowest BCUT2D eigenvalue weighted by Gasteiger charge is -2.26. The molecule has 0 aliphatic rings. The molecule has 5 heteroatoms. The van der Waals surface area contributed by atoms with Crippen molar-refractivity contribution in [2.24, 2.45) is 0 Å². The topological polar surface area (TPSA) is 51.2 Å². The van der Waals surface area contributed by atoms with Gasteiger partial charge >= 0.3 is 0 Å². The van der Waals surface area contributed by atoms with Crippen LogP contribution in [0.5, 0.6) is 0 Å². The number of rotatable bonds is 6. The van der Waals surface area contributed by atoms with Crippen molar-refractivity contribution in [2.45, 2.75) is 52.3 Å².